The van der Waals surface area contributed by atoms with E-state index in [-0.39, 0.29) is 11.1 Å². The minimum absolute atomic E-state index is 0.0913. The zero-order valence-electron chi connectivity index (χ0n) is 13.1. The molecule has 2 aliphatic heterocycles. The van der Waals surface area contributed by atoms with Gasteiger partial charge in [0.1, 0.15) is 0 Å². The zero-order valence-corrected chi connectivity index (χ0v) is 13.1. The van der Waals surface area contributed by atoms with Gasteiger partial charge >= 0.3 is 0 Å². The Kier molecular flexibility index (Phi) is 4.56. The standard InChI is InChI=1S/C15H31N3O/c1-14(2,12-16)18-9-7-17(8-10-18)11-13-5-6-15(3,4)19-13/h13H,5-12,16H2,1-4H3. The molecule has 1 unspecified atom stereocenters. The summed E-state index contributed by atoms with van der Waals surface area (Å²) in [5.74, 6) is 0. The van der Waals surface area contributed by atoms with Gasteiger partial charge in [0.05, 0.1) is 11.7 Å². The minimum Gasteiger partial charge on any atom is -0.371 e. The van der Waals surface area contributed by atoms with Gasteiger partial charge < -0.3 is 10.5 Å². The number of hydrogen-bond donors (Lipinski definition) is 1. The normalized spacial score (nSPS) is 29.8. The van der Waals surface area contributed by atoms with Crippen LogP contribution in [-0.2, 0) is 4.74 Å². The average molecular weight is 269 g/mol. The third kappa shape index (κ3) is 3.91. The highest BCUT2D eigenvalue weighted by atomic mass is 16.5. The van der Waals surface area contributed by atoms with E-state index in [1.54, 1.807) is 0 Å². The first-order valence-corrected chi connectivity index (χ1v) is 7.68. The van der Waals surface area contributed by atoms with Crippen molar-refractivity contribution in [2.75, 3.05) is 39.3 Å². The van der Waals surface area contributed by atoms with Gasteiger partial charge in [-0.05, 0) is 40.5 Å². The second-order valence-electron chi connectivity index (χ2n) is 7.34. The lowest BCUT2D eigenvalue weighted by molar-refractivity contribution is -0.0377. The van der Waals surface area contributed by atoms with Crippen LogP contribution in [0.1, 0.15) is 40.5 Å². The summed E-state index contributed by atoms with van der Waals surface area (Å²) in [5.41, 5.74) is 6.09. The Bertz CT molecular complexity index is 296. The third-order valence-electron chi connectivity index (χ3n) is 4.74. The quantitative estimate of drug-likeness (QED) is 0.835. The Labute approximate surface area is 118 Å². The van der Waals surface area contributed by atoms with Crippen molar-refractivity contribution in [2.45, 2.75) is 57.8 Å². The summed E-state index contributed by atoms with van der Waals surface area (Å²) >= 11 is 0. The van der Waals surface area contributed by atoms with E-state index in [1.165, 1.54) is 12.8 Å². The Hall–Kier alpha value is -0.160. The minimum atomic E-state index is 0.0913. The number of nitrogens with zero attached hydrogens (tertiary/aromatic N) is 2. The van der Waals surface area contributed by atoms with E-state index in [9.17, 15) is 0 Å². The van der Waals surface area contributed by atoms with Crippen molar-refractivity contribution in [2.24, 2.45) is 5.73 Å². The van der Waals surface area contributed by atoms with Crippen LogP contribution >= 0.6 is 0 Å². The highest BCUT2D eigenvalue weighted by molar-refractivity contribution is 4.88. The van der Waals surface area contributed by atoms with E-state index in [0.717, 1.165) is 39.3 Å². The first-order chi connectivity index (χ1) is 8.82. The second-order valence-corrected chi connectivity index (χ2v) is 7.34. The molecule has 0 aromatic heterocycles. The molecule has 4 heteroatoms. The van der Waals surface area contributed by atoms with Gasteiger partial charge in [-0.15, -0.1) is 0 Å². The van der Waals surface area contributed by atoms with Gasteiger partial charge in [-0.25, -0.2) is 0 Å². The summed E-state index contributed by atoms with van der Waals surface area (Å²) in [7, 11) is 0. The van der Waals surface area contributed by atoms with E-state index in [2.05, 4.69) is 37.5 Å². The Morgan fingerprint density at radius 3 is 2.32 bits per heavy atom. The lowest BCUT2D eigenvalue weighted by Gasteiger charge is -2.44. The van der Waals surface area contributed by atoms with Crippen LogP contribution in [0.15, 0.2) is 0 Å². The van der Waals surface area contributed by atoms with Gasteiger partial charge in [-0.1, -0.05) is 0 Å². The molecule has 1 atom stereocenters. The fraction of sp³-hybridized carbons (Fsp3) is 1.00. The fourth-order valence-corrected chi connectivity index (χ4v) is 3.16. The van der Waals surface area contributed by atoms with Crippen LogP contribution in [0.3, 0.4) is 0 Å². The zero-order chi connectivity index (χ0) is 14.1. The maximum absolute atomic E-state index is 6.09. The van der Waals surface area contributed by atoms with Crippen molar-refractivity contribution in [3.05, 3.63) is 0 Å². The molecule has 2 N–H and O–H groups in total. The van der Waals surface area contributed by atoms with Gasteiger partial charge in [0, 0.05) is 44.8 Å². The molecule has 112 valence electrons. The predicted octanol–water partition coefficient (Wildman–Crippen LogP) is 1.30. The van der Waals surface area contributed by atoms with Crippen molar-refractivity contribution in [1.82, 2.24) is 9.80 Å². The molecule has 2 heterocycles. The van der Waals surface area contributed by atoms with E-state index < -0.39 is 0 Å². The van der Waals surface area contributed by atoms with Gasteiger partial charge in [0.25, 0.3) is 0 Å². The van der Waals surface area contributed by atoms with Crippen LogP contribution in [0.2, 0.25) is 0 Å². The lowest BCUT2D eigenvalue weighted by atomic mass is 10.0. The largest absolute Gasteiger partial charge is 0.371 e. The first kappa shape index (κ1) is 15.2. The molecule has 0 spiro atoms. The van der Waals surface area contributed by atoms with Crippen LogP contribution in [0, 0.1) is 0 Å². The molecule has 0 aliphatic carbocycles. The molecule has 0 saturated carbocycles. The second kappa shape index (κ2) is 5.68. The highest BCUT2D eigenvalue weighted by Crippen LogP contribution is 2.30. The van der Waals surface area contributed by atoms with E-state index in [4.69, 9.17) is 10.5 Å². The first-order valence-electron chi connectivity index (χ1n) is 7.68. The highest BCUT2D eigenvalue weighted by Gasteiger charge is 2.34. The van der Waals surface area contributed by atoms with Gasteiger partial charge in [0.2, 0.25) is 0 Å². The molecule has 4 nitrogen and oxygen atoms in total. The van der Waals surface area contributed by atoms with Crippen LogP contribution < -0.4 is 5.73 Å². The number of piperazine rings is 1. The van der Waals surface area contributed by atoms with Crippen LogP contribution in [0.4, 0.5) is 0 Å². The number of ether oxygens (including phenoxy) is 1. The van der Waals surface area contributed by atoms with Crippen LogP contribution in [0.5, 0.6) is 0 Å². The molecule has 2 aliphatic rings. The fourth-order valence-electron chi connectivity index (χ4n) is 3.16. The molecule has 19 heavy (non-hydrogen) atoms. The summed E-state index contributed by atoms with van der Waals surface area (Å²) < 4.78 is 6.09. The molecule has 0 bridgehead atoms. The van der Waals surface area contributed by atoms with Crippen LogP contribution in [-0.4, -0.2) is 66.3 Å². The molecule has 0 aromatic rings. The summed E-state index contributed by atoms with van der Waals surface area (Å²) in [6.45, 7) is 15.3. The van der Waals surface area contributed by atoms with Crippen LogP contribution in [0.25, 0.3) is 0 Å². The molecular weight excluding hydrogens is 238 g/mol. The number of nitrogens with two attached hydrogens (primary N) is 1. The van der Waals surface area contributed by atoms with E-state index >= 15 is 0 Å². The SMILES string of the molecule is CC1(C)CCC(CN2CCN(C(C)(C)CN)CC2)O1. The molecule has 2 rings (SSSR count). The smallest absolute Gasteiger partial charge is 0.0710 e. The topological polar surface area (TPSA) is 41.7 Å². The van der Waals surface area contributed by atoms with Gasteiger partial charge in [0.15, 0.2) is 0 Å². The van der Waals surface area contributed by atoms with E-state index in [1.807, 2.05) is 0 Å². The molecular formula is C15H31N3O. The molecule has 0 amide bonds. The van der Waals surface area contributed by atoms with Crippen molar-refractivity contribution in [3.63, 3.8) is 0 Å². The predicted molar refractivity (Wildman–Crippen MR) is 79.3 cm³/mol. The number of rotatable bonds is 4. The monoisotopic (exact) mass is 269 g/mol. The maximum Gasteiger partial charge on any atom is 0.0710 e. The Morgan fingerprint density at radius 2 is 1.84 bits per heavy atom. The van der Waals surface area contributed by atoms with Crippen molar-refractivity contribution < 1.29 is 4.74 Å². The van der Waals surface area contributed by atoms with Crippen molar-refractivity contribution >= 4 is 0 Å². The van der Waals surface area contributed by atoms with Gasteiger partial charge in [-0.2, -0.15) is 0 Å². The van der Waals surface area contributed by atoms with Gasteiger partial charge in [-0.3, -0.25) is 9.80 Å². The molecule has 2 fully saturated rings. The summed E-state index contributed by atoms with van der Waals surface area (Å²) in [6.07, 6.45) is 2.84. The average Bonchev–Trinajstić information content (AvgIpc) is 2.69. The summed E-state index contributed by atoms with van der Waals surface area (Å²) in [6, 6.07) is 0. The Balaban J connectivity index is 1.75. The van der Waals surface area contributed by atoms with Crippen molar-refractivity contribution in [1.29, 1.82) is 0 Å². The maximum atomic E-state index is 6.09. The Morgan fingerprint density at radius 1 is 1.21 bits per heavy atom. The summed E-state index contributed by atoms with van der Waals surface area (Å²) in [4.78, 5) is 5.07. The molecule has 0 radical (unpaired) electrons. The third-order valence-corrected chi connectivity index (χ3v) is 4.74. The van der Waals surface area contributed by atoms with Crippen molar-refractivity contribution in [3.8, 4) is 0 Å². The summed E-state index contributed by atoms with van der Waals surface area (Å²) in [5, 5.41) is 0. The van der Waals surface area contributed by atoms with E-state index in [0.29, 0.717) is 6.10 Å². The molecule has 2 saturated heterocycles. The lowest BCUT2D eigenvalue weighted by Crippen LogP contribution is -2.58. The molecule has 0 aromatic carbocycles. The number of hydrogen-bond acceptors (Lipinski definition) is 4.